The van der Waals surface area contributed by atoms with Crippen molar-refractivity contribution in [3.8, 4) is 0 Å². The summed E-state index contributed by atoms with van der Waals surface area (Å²) in [5, 5.41) is 2.96. The number of piperidine rings is 1. The molecule has 1 aromatic carbocycles. The number of nitrogens with one attached hydrogen (secondary N) is 1. The van der Waals surface area contributed by atoms with Crippen LogP contribution in [-0.4, -0.2) is 29.9 Å². The van der Waals surface area contributed by atoms with Crippen LogP contribution in [-0.2, 0) is 4.79 Å². The SMILES string of the molecule is CC(Nc1c(F)cccc1Br)C(=O)N1CCCCC1. The van der Waals surface area contributed by atoms with Crippen LogP contribution in [0.4, 0.5) is 10.1 Å². The highest BCUT2D eigenvalue weighted by molar-refractivity contribution is 9.10. The number of hydrogen-bond acceptors (Lipinski definition) is 2. The van der Waals surface area contributed by atoms with Gasteiger partial charge in [-0.3, -0.25) is 4.79 Å². The molecule has 1 saturated heterocycles. The Hall–Kier alpha value is -1.10. The van der Waals surface area contributed by atoms with Crippen molar-refractivity contribution in [2.75, 3.05) is 18.4 Å². The maximum Gasteiger partial charge on any atom is 0.244 e. The molecule has 1 fully saturated rings. The number of benzene rings is 1. The van der Waals surface area contributed by atoms with E-state index in [2.05, 4.69) is 21.2 Å². The summed E-state index contributed by atoms with van der Waals surface area (Å²) in [6.45, 7) is 3.39. The molecule has 1 aliphatic rings. The first kappa shape index (κ1) is 14.3. The fourth-order valence-electron chi connectivity index (χ4n) is 2.30. The lowest BCUT2D eigenvalue weighted by Crippen LogP contribution is -2.44. The number of rotatable bonds is 3. The third-order valence-corrected chi connectivity index (χ3v) is 4.02. The van der Waals surface area contributed by atoms with Crippen molar-refractivity contribution >= 4 is 27.5 Å². The zero-order chi connectivity index (χ0) is 13.8. The van der Waals surface area contributed by atoms with Crippen LogP contribution in [0.2, 0.25) is 0 Å². The fraction of sp³-hybridized carbons (Fsp3) is 0.500. The molecule has 5 heteroatoms. The Morgan fingerprint density at radius 3 is 2.68 bits per heavy atom. The molecular weight excluding hydrogens is 311 g/mol. The molecule has 104 valence electrons. The number of halogens is 2. The molecule has 1 aliphatic heterocycles. The molecule has 0 spiro atoms. The van der Waals surface area contributed by atoms with Gasteiger partial charge in [-0.05, 0) is 54.2 Å². The first-order valence-electron chi connectivity index (χ1n) is 6.59. The number of likely N-dealkylation sites (tertiary alicyclic amines) is 1. The molecule has 19 heavy (non-hydrogen) atoms. The lowest BCUT2D eigenvalue weighted by Gasteiger charge is -2.30. The molecule has 1 N–H and O–H groups in total. The Morgan fingerprint density at radius 2 is 2.05 bits per heavy atom. The Balaban J connectivity index is 2.03. The average Bonchev–Trinajstić information content (AvgIpc) is 2.43. The summed E-state index contributed by atoms with van der Waals surface area (Å²) in [6.07, 6.45) is 3.30. The largest absolute Gasteiger partial charge is 0.371 e. The van der Waals surface area contributed by atoms with Crippen molar-refractivity contribution in [1.82, 2.24) is 4.90 Å². The Morgan fingerprint density at radius 1 is 1.37 bits per heavy atom. The second-order valence-electron chi connectivity index (χ2n) is 4.85. The third kappa shape index (κ3) is 3.47. The lowest BCUT2D eigenvalue weighted by molar-refractivity contribution is -0.132. The highest BCUT2D eigenvalue weighted by Gasteiger charge is 2.23. The average molecular weight is 329 g/mol. The number of amides is 1. The molecule has 0 bridgehead atoms. The normalized spacial score (nSPS) is 17.1. The van der Waals surface area contributed by atoms with Crippen LogP contribution >= 0.6 is 15.9 Å². The van der Waals surface area contributed by atoms with E-state index in [0.29, 0.717) is 10.2 Å². The monoisotopic (exact) mass is 328 g/mol. The summed E-state index contributed by atoms with van der Waals surface area (Å²) >= 11 is 3.29. The highest BCUT2D eigenvalue weighted by Crippen LogP contribution is 2.26. The molecule has 1 aromatic rings. The summed E-state index contributed by atoms with van der Waals surface area (Å²) in [4.78, 5) is 14.1. The smallest absolute Gasteiger partial charge is 0.244 e. The second kappa shape index (κ2) is 6.37. The van der Waals surface area contributed by atoms with E-state index in [1.165, 1.54) is 12.5 Å². The van der Waals surface area contributed by atoms with Crippen molar-refractivity contribution in [2.24, 2.45) is 0 Å². The van der Waals surface area contributed by atoms with Crippen molar-refractivity contribution in [3.63, 3.8) is 0 Å². The summed E-state index contributed by atoms with van der Waals surface area (Å²) in [5.74, 6) is -0.317. The predicted molar refractivity (Wildman–Crippen MR) is 77.6 cm³/mol. The van der Waals surface area contributed by atoms with E-state index >= 15 is 0 Å². The number of hydrogen-bond donors (Lipinski definition) is 1. The van der Waals surface area contributed by atoms with Gasteiger partial charge in [0.2, 0.25) is 5.91 Å². The van der Waals surface area contributed by atoms with Crippen molar-refractivity contribution in [1.29, 1.82) is 0 Å². The number of nitrogens with zero attached hydrogens (tertiary/aromatic N) is 1. The van der Waals surface area contributed by atoms with E-state index in [-0.39, 0.29) is 11.7 Å². The van der Waals surface area contributed by atoms with Gasteiger partial charge in [-0.15, -0.1) is 0 Å². The van der Waals surface area contributed by atoms with Crippen LogP contribution in [0.1, 0.15) is 26.2 Å². The van der Waals surface area contributed by atoms with Crippen molar-refractivity contribution in [2.45, 2.75) is 32.2 Å². The van der Waals surface area contributed by atoms with E-state index in [1.807, 2.05) is 4.90 Å². The van der Waals surface area contributed by atoms with E-state index in [4.69, 9.17) is 0 Å². The molecular formula is C14H18BrFN2O. The molecule has 3 nitrogen and oxygen atoms in total. The highest BCUT2D eigenvalue weighted by atomic mass is 79.9. The standard InChI is InChI=1S/C14H18BrFN2O/c1-10(14(19)18-8-3-2-4-9-18)17-13-11(15)6-5-7-12(13)16/h5-7,10,17H,2-4,8-9H2,1H3. The molecule has 0 aliphatic carbocycles. The number of para-hydroxylation sites is 1. The van der Waals surface area contributed by atoms with Gasteiger partial charge in [0.05, 0.1) is 5.69 Å². The molecule has 1 heterocycles. The molecule has 0 radical (unpaired) electrons. The van der Waals surface area contributed by atoms with Crippen LogP contribution < -0.4 is 5.32 Å². The second-order valence-corrected chi connectivity index (χ2v) is 5.70. The van der Waals surface area contributed by atoms with E-state index in [9.17, 15) is 9.18 Å². The molecule has 0 aromatic heterocycles. The Labute approximate surface area is 121 Å². The van der Waals surface area contributed by atoms with Crippen LogP contribution in [0.5, 0.6) is 0 Å². The Kier molecular flexibility index (Phi) is 4.80. The summed E-state index contributed by atoms with van der Waals surface area (Å²) < 4.78 is 14.3. The topological polar surface area (TPSA) is 32.3 Å². The zero-order valence-electron chi connectivity index (χ0n) is 11.0. The van der Waals surface area contributed by atoms with E-state index in [1.54, 1.807) is 19.1 Å². The zero-order valence-corrected chi connectivity index (χ0v) is 12.5. The maximum atomic E-state index is 13.7. The van der Waals surface area contributed by atoms with Crippen LogP contribution in [0.25, 0.3) is 0 Å². The van der Waals surface area contributed by atoms with E-state index < -0.39 is 6.04 Å². The summed E-state index contributed by atoms with van der Waals surface area (Å²) in [5.41, 5.74) is 0.348. The first-order valence-corrected chi connectivity index (χ1v) is 7.38. The fourth-order valence-corrected chi connectivity index (χ4v) is 2.76. The van der Waals surface area contributed by atoms with Crippen LogP contribution in [0, 0.1) is 5.82 Å². The van der Waals surface area contributed by atoms with Gasteiger partial charge in [-0.2, -0.15) is 0 Å². The van der Waals surface area contributed by atoms with Gasteiger partial charge < -0.3 is 10.2 Å². The molecule has 1 amide bonds. The van der Waals surface area contributed by atoms with Crippen LogP contribution in [0.15, 0.2) is 22.7 Å². The minimum Gasteiger partial charge on any atom is -0.371 e. The van der Waals surface area contributed by atoms with Crippen LogP contribution in [0.3, 0.4) is 0 Å². The maximum absolute atomic E-state index is 13.7. The van der Waals surface area contributed by atoms with Crippen molar-refractivity contribution < 1.29 is 9.18 Å². The number of anilines is 1. The molecule has 0 saturated carbocycles. The molecule has 2 rings (SSSR count). The van der Waals surface area contributed by atoms with Gasteiger partial charge in [0, 0.05) is 17.6 Å². The number of carbonyl (C=O) groups is 1. The third-order valence-electron chi connectivity index (χ3n) is 3.36. The van der Waals surface area contributed by atoms with Gasteiger partial charge in [0.1, 0.15) is 11.9 Å². The van der Waals surface area contributed by atoms with Crippen molar-refractivity contribution in [3.05, 3.63) is 28.5 Å². The number of carbonyl (C=O) groups excluding carboxylic acids is 1. The van der Waals surface area contributed by atoms with Gasteiger partial charge in [0.15, 0.2) is 0 Å². The summed E-state index contributed by atoms with van der Waals surface area (Å²) in [7, 11) is 0. The van der Waals surface area contributed by atoms with Gasteiger partial charge in [-0.1, -0.05) is 6.07 Å². The first-order chi connectivity index (χ1) is 9.09. The molecule has 1 atom stereocenters. The summed E-state index contributed by atoms with van der Waals surface area (Å²) in [6, 6.07) is 4.34. The lowest BCUT2D eigenvalue weighted by atomic mass is 10.1. The van der Waals surface area contributed by atoms with Gasteiger partial charge >= 0.3 is 0 Å². The van der Waals surface area contributed by atoms with E-state index in [0.717, 1.165) is 25.9 Å². The van der Waals surface area contributed by atoms with Gasteiger partial charge in [-0.25, -0.2) is 4.39 Å². The minimum atomic E-state index is -0.425. The predicted octanol–water partition coefficient (Wildman–Crippen LogP) is 3.40. The quantitative estimate of drug-likeness (QED) is 0.922. The van der Waals surface area contributed by atoms with Gasteiger partial charge in [0.25, 0.3) is 0 Å². The minimum absolute atomic E-state index is 0.0369. The molecule has 1 unspecified atom stereocenters. The Bertz CT molecular complexity index is 441.